The average Bonchev–Trinajstić information content (AvgIpc) is 3.02. The summed E-state index contributed by atoms with van der Waals surface area (Å²) in [5.41, 5.74) is 2.19. The van der Waals surface area contributed by atoms with Crippen molar-refractivity contribution in [3.63, 3.8) is 0 Å². The highest BCUT2D eigenvalue weighted by atomic mass is 32.2. The lowest BCUT2D eigenvalue weighted by Crippen LogP contribution is -2.50. The Bertz CT molecular complexity index is 1040. The number of hydrogen-bond donors (Lipinski definition) is 0. The maximum Gasteiger partial charge on any atom is 0.271 e. The van der Waals surface area contributed by atoms with Gasteiger partial charge in [-0.15, -0.1) is 0 Å². The van der Waals surface area contributed by atoms with E-state index in [4.69, 9.17) is 0 Å². The van der Waals surface area contributed by atoms with E-state index < -0.39 is 10.0 Å². The third kappa shape index (κ3) is 3.42. The van der Waals surface area contributed by atoms with Gasteiger partial charge in [0, 0.05) is 0 Å². The van der Waals surface area contributed by atoms with Crippen LogP contribution in [0.25, 0.3) is 0 Å². The summed E-state index contributed by atoms with van der Waals surface area (Å²) in [5.74, 6) is 0.995. The van der Waals surface area contributed by atoms with Crippen LogP contribution in [0.5, 0.6) is 0 Å². The summed E-state index contributed by atoms with van der Waals surface area (Å²) in [5, 5.41) is 0. The SMILES string of the molecule is Cc1ccc(S(=O)(=O)N2Cc3n(cc[n+]3C)C[C@@H]2Cc2ccccc2)cc1. The van der Waals surface area contributed by atoms with E-state index in [0.717, 1.165) is 17.0 Å². The molecule has 0 bridgehead atoms. The van der Waals surface area contributed by atoms with Gasteiger partial charge in [0.2, 0.25) is 10.0 Å². The number of fused-ring (bicyclic) bond motifs is 1. The molecule has 0 radical (unpaired) electrons. The predicted octanol–water partition coefficient (Wildman–Crippen LogP) is 2.44. The molecule has 27 heavy (non-hydrogen) atoms. The van der Waals surface area contributed by atoms with Crippen molar-refractivity contribution < 1.29 is 13.0 Å². The monoisotopic (exact) mass is 382 g/mol. The van der Waals surface area contributed by atoms with Gasteiger partial charge in [0.05, 0.1) is 18.0 Å². The second-order valence-electron chi connectivity index (χ2n) is 7.18. The lowest BCUT2D eigenvalue weighted by atomic mass is 10.0. The summed E-state index contributed by atoms with van der Waals surface area (Å²) in [4.78, 5) is 0.355. The van der Waals surface area contributed by atoms with Crippen molar-refractivity contribution in [3.05, 3.63) is 83.9 Å². The Morgan fingerprint density at radius 2 is 1.78 bits per heavy atom. The highest BCUT2D eigenvalue weighted by Gasteiger charge is 2.40. The molecule has 1 atom stereocenters. The summed E-state index contributed by atoms with van der Waals surface area (Å²) < 4.78 is 32.7. The van der Waals surface area contributed by atoms with Crippen LogP contribution in [0.2, 0.25) is 0 Å². The molecule has 0 fully saturated rings. The highest BCUT2D eigenvalue weighted by Crippen LogP contribution is 2.27. The molecule has 4 rings (SSSR count). The van der Waals surface area contributed by atoms with Gasteiger partial charge >= 0.3 is 0 Å². The van der Waals surface area contributed by atoms with Gasteiger partial charge in [-0.2, -0.15) is 4.31 Å². The van der Waals surface area contributed by atoms with Gasteiger partial charge in [0.25, 0.3) is 5.82 Å². The minimum Gasteiger partial charge on any atom is -0.236 e. The van der Waals surface area contributed by atoms with Crippen molar-refractivity contribution in [2.75, 3.05) is 0 Å². The summed E-state index contributed by atoms with van der Waals surface area (Å²) in [6.45, 7) is 2.98. The van der Waals surface area contributed by atoms with Crippen molar-refractivity contribution >= 4 is 10.0 Å². The molecule has 0 saturated carbocycles. The van der Waals surface area contributed by atoms with Gasteiger partial charge in [-0.1, -0.05) is 48.0 Å². The number of aryl methyl sites for hydroxylation is 2. The Labute approximate surface area is 160 Å². The van der Waals surface area contributed by atoms with Crippen LogP contribution >= 0.6 is 0 Å². The molecule has 0 aliphatic carbocycles. The molecule has 0 spiro atoms. The quantitative estimate of drug-likeness (QED) is 0.651. The van der Waals surface area contributed by atoms with Crippen LogP contribution in [0.4, 0.5) is 0 Å². The van der Waals surface area contributed by atoms with E-state index in [1.807, 2.05) is 61.3 Å². The molecule has 140 valence electrons. The van der Waals surface area contributed by atoms with Crippen LogP contribution in [-0.2, 0) is 36.6 Å². The van der Waals surface area contributed by atoms with Crippen molar-refractivity contribution in [2.24, 2.45) is 7.05 Å². The predicted molar refractivity (Wildman–Crippen MR) is 103 cm³/mol. The average molecular weight is 383 g/mol. The Kier molecular flexibility index (Phi) is 4.61. The molecule has 0 N–H and O–H groups in total. The molecule has 2 heterocycles. The van der Waals surface area contributed by atoms with E-state index in [1.54, 1.807) is 16.4 Å². The van der Waals surface area contributed by atoms with Crippen LogP contribution < -0.4 is 4.57 Å². The van der Waals surface area contributed by atoms with Gasteiger partial charge in [-0.25, -0.2) is 17.6 Å². The van der Waals surface area contributed by atoms with Crippen molar-refractivity contribution in [2.45, 2.75) is 37.4 Å². The number of nitrogens with zero attached hydrogens (tertiary/aromatic N) is 3. The Morgan fingerprint density at radius 1 is 1.07 bits per heavy atom. The lowest BCUT2D eigenvalue weighted by molar-refractivity contribution is -0.680. The number of imidazole rings is 1. The second-order valence-corrected chi connectivity index (χ2v) is 9.08. The molecule has 0 unspecified atom stereocenters. The molecule has 5 nitrogen and oxygen atoms in total. The van der Waals surface area contributed by atoms with Crippen LogP contribution in [0.1, 0.15) is 17.0 Å². The standard InChI is InChI=1S/C21H24N3O2S/c1-17-8-10-20(11-9-17)27(25,26)24-16-21-22(2)12-13-23(21)15-19(24)14-18-6-4-3-5-7-18/h3-13,19H,14-16H2,1-2H3/q+1/t19-/m0/s1. The van der Waals surface area contributed by atoms with Gasteiger partial charge in [-0.05, 0) is 31.0 Å². The normalized spacial score (nSPS) is 17.6. The Hall–Kier alpha value is -2.44. The van der Waals surface area contributed by atoms with Gasteiger partial charge < -0.3 is 0 Å². The second kappa shape index (κ2) is 6.94. The summed E-state index contributed by atoms with van der Waals surface area (Å²) in [6.07, 6.45) is 4.70. The minimum atomic E-state index is -3.58. The first-order valence-corrected chi connectivity index (χ1v) is 10.6. The number of sulfonamides is 1. The van der Waals surface area contributed by atoms with Gasteiger partial charge in [0.15, 0.2) is 0 Å². The topological polar surface area (TPSA) is 46.2 Å². The van der Waals surface area contributed by atoms with Crippen molar-refractivity contribution in [3.8, 4) is 0 Å². The summed E-state index contributed by atoms with van der Waals surface area (Å²) in [6, 6.07) is 17.1. The van der Waals surface area contributed by atoms with E-state index in [2.05, 4.69) is 16.7 Å². The van der Waals surface area contributed by atoms with Crippen LogP contribution in [-0.4, -0.2) is 23.3 Å². The number of rotatable bonds is 4. The number of aromatic nitrogens is 2. The maximum absolute atomic E-state index is 13.4. The van der Waals surface area contributed by atoms with Crippen molar-refractivity contribution in [1.82, 2.24) is 8.87 Å². The van der Waals surface area contributed by atoms with Gasteiger partial charge in [-0.3, -0.25) is 0 Å². The molecular weight excluding hydrogens is 358 g/mol. The Morgan fingerprint density at radius 3 is 2.48 bits per heavy atom. The summed E-state index contributed by atoms with van der Waals surface area (Å²) >= 11 is 0. The van der Waals surface area contributed by atoms with Crippen LogP contribution in [0.15, 0.2) is 71.9 Å². The molecule has 2 aromatic carbocycles. The van der Waals surface area contributed by atoms with E-state index in [0.29, 0.717) is 24.4 Å². The third-order valence-corrected chi connectivity index (χ3v) is 7.18. The fourth-order valence-corrected chi connectivity index (χ4v) is 5.26. The third-order valence-electron chi connectivity index (χ3n) is 5.26. The minimum absolute atomic E-state index is 0.126. The lowest BCUT2D eigenvalue weighted by Gasteiger charge is -2.32. The first kappa shape index (κ1) is 17.9. The van der Waals surface area contributed by atoms with E-state index in [1.165, 1.54) is 0 Å². The van der Waals surface area contributed by atoms with E-state index in [9.17, 15) is 8.42 Å². The molecule has 0 saturated heterocycles. The van der Waals surface area contributed by atoms with E-state index >= 15 is 0 Å². The zero-order chi connectivity index (χ0) is 19.0. The smallest absolute Gasteiger partial charge is 0.236 e. The molecule has 1 aromatic heterocycles. The molecular formula is C21H24N3O2S+. The zero-order valence-electron chi connectivity index (χ0n) is 15.6. The molecule has 3 aromatic rings. The first-order valence-electron chi connectivity index (χ1n) is 9.11. The van der Waals surface area contributed by atoms with E-state index in [-0.39, 0.29) is 6.04 Å². The number of benzene rings is 2. The van der Waals surface area contributed by atoms with Crippen molar-refractivity contribution in [1.29, 1.82) is 0 Å². The molecule has 0 amide bonds. The molecule has 1 aliphatic heterocycles. The first-order chi connectivity index (χ1) is 12.9. The fourth-order valence-electron chi connectivity index (χ4n) is 3.69. The van der Waals surface area contributed by atoms with Gasteiger partial charge in [0.1, 0.15) is 25.5 Å². The fraction of sp³-hybridized carbons (Fsp3) is 0.286. The zero-order valence-corrected chi connectivity index (χ0v) is 16.4. The Balaban J connectivity index is 1.74. The van der Waals surface area contributed by atoms with Crippen LogP contribution in [0.3, 0.4) is 0 Å². The largest absolute Gasteiger partial charge is 0.271 e. The summed E-state index contributed by atoms with van der Waals surface area (Å²) in [7, 11) is -1.62. The van der Waals surface area contributed by atoms with Crippen LogP contribution in [0, 0.1) is 6.92 Å². The number of hydrogen-bond acceptors (Lipinski definition) is 2. The molecule has 1 aliphatic rings. The molecule has 6 heteroatoms. The maximum atomic E-state index is 13.4. The highest BCUT2D eigenvalue weighted by molar-refractivity contribution is 7.89.